The summed E-state index contributed by atoms with van der Waals surface area (Å²) in [5.41, 5.74) is 1.56. The van der Waals surface area contributed by atoms with E-state index in [1.807, 2.05) is 6.92 Å². The van der Waals surface area contributed by atoms with Gasteiger partial charge in [0.1, 0.15) is 5.82 Å². The van der Waals surface area contributed by atoms with E-state index in [9.17, 15) is 9.50 Å². The fourth-order valence-electron chi connectivity index (χ4n) is 2.60. The summed E-state index contributed by atoms with van der Waals surface area (Å²) < 4.78 is 19.1. The van der Waals surface area contributed by atoms with Crippen molar-refractivity contribution in [2.75, 3.05) is 18.1 Å². The fraction of sp³-hybridized carbons (Fsp3) is 0.600. The molecule has 2 unspecified atom stereocenters. The Bertz CT molecular complexity index is 436. The normalized spacial score (nSPS) is 25.4. The highest BCUT2D eigenvalue weighted by Crippen LogP contribution is 2.31. The average Bonchev–Trinajstić information content (AvgIpc) is 2.38. The van der Waals surface area contributed by atoms with Crippen LogP contribution < -0.4 is 4.90 Å². The first-order valence-corrected chi connectivity index (χ1v) is 6.88. The van der Waals surface area contributed by atoms with Gasteiger partial charge in [-0.2, -0.15) is 0 Å². The van der Waals surface area contributed by atoms with Gasteiger partial charge in [0, 0.05) is 17.8 Å². The van der Waals surface area contributed by atoms with Crippen molar-refractivity contribution in [1.82, 2.24) is 0 Å². The van der Waals surface area contributed by atoms with Gasteiger partial charge in [0.25, 0.3) is 0 Å². The molecule has 1 fully saturated rings. The zero-order valence-corrected chi connectivity index (χ0v) is 11.8. The van der Waals surface area contributed by atoms with Crippen LogP contribution in [0.2, 0.25) is 0 Å². The predicted molar refractivity (Wildman–Crippen MR) is 73.9 cm³/mol. The second-order valence-electron chi connectivity index (χ2n) is 5.24. The van der Waals surface area contributed by atoms with Crippen LogP contribution >= 0.6 is 0 Å². The molecule has 1 saturated heterocycles. The molecule has 1 aromatic carbocycles. The minimum Gasteiger partial charge on any atom is -0.389 e. The van der Waals surface area contributed by atoms with E-state index in [0.717, 1.165) is 18.7 Å². The summed E-state index contributed by atoms with van der Waals surface area (Å²) in [6, 6.07) is 4.91. The summed E-state index contributed by atoms with van der Waals surface area (Å²) in [6.07, 6.45) is 0.430. The quantitative estimate of drug-likeness (QED) is 0.914. The Hall–Kier alpha value is -1.13. The Labute approximate surface area is 114 Å². The van der Waals surface area contributed by atoms with E-state index < -0.39 is 6.10 Å². The maximum atomic E-state index is 13.4. The molecule has 1 N–H and O–H groups in total. The highest BCUT2D eigenvalue weighted by atomic mass is 19.1. The highest BCUT2D eigenvalue weighted by molar-refractivity contribution is 5.56. The molecule has 3 atom stereocenters. The van der Waals surface area contributed by atoms with Crippen LogP contribution in [0, 0.1) is 5.82 Å². The van der Waals surface area contributed by atoms with E-state index >= 15 is 0 Å². The fourth-order valence-corrected chi connectivity index (χ4v) is 2.60. The Balaban J connectivity index is 2.38. The number of hydrogen-bond donors (Lipinski definition) is 1. The first kappa shape index (κ1) is 14.3. The number of nitrogens with zero attached hydrogens (tertiary/aromatic N) is 1. The lowest BCUT2D eigenvalue weighted by molar-refractivity contribution is 0.0297. The molecule has 0 spiro atoms. The van der Waals surface area contributed by atoms with Gasteiger partial charge in [-0.05, 0) is 38.5 Å². The molecule has 0 amide bonds. The summed E-state index contributed by atoms with van der Waals surface area (Å²) >= 11 is 0. The van der Waals surface area contributed by atoms with Crippen LogP contribution in [0.1, 0.15) is 38.9 Å². The predicted octanol–water partition coefficient (Wildman–Crippen LogP) is 2.88. The zero-order chi connectivity index (χ0) is 14.0. The minimum absolute atomic E-state index is 0.148. The monoisotopic (exact) mass is 267 g/mol. The van der Waals surface area contributed by atoms with E-state index in [1.54, 1.807) is 13.0 Å². The third kappa shape index (κ3) is 3.07. The highest BCUT2D eigenvalue weighted by Gasteiger charge is 2.28. The third-order valence-corrected chi connectivity index (χ3v) is 3.69. The first-order chi connectivity index (χ1) is 9.02. The van der Waals surface area contributed by atoms with Crippen LogP contribution in [0.25, 0.3) is 0 Å². The maximum Gasteiger partial charge on any atom is 0.123 e. The van der Waals surface area contributed by atoms with E-state index in [0.29, 0.717) is 12.2 Å². The SMILES string of the molecule is CCC1COC(C)CN1c1ccc(F)cc1[C@@H](C)O. The van der Waals surface area contributed by atoms with Crippen LogP contribution in [0.3, 0.4) is 0 Å². The average molecular weight is 267 g/mol. The molecule has 19 heavy (non-hydrogen) atoms. The van der Waals surface area contributed by atoms with Gasteiger partial charge in [-0.25, -0.2) is 4.39 Å². The van der Waals surface area contributed by atoms with E-state index in [-0.39, 0.29) is 18.0 Å². The van der Waals surface area contributed by atoms with Gasteiger partial charge in [0.05, 0.1) is 24.9 Å². The van der Waals surface area contributed by atoms with Crippen molar-refractivity contribution in [3.8, 4) is 0 Å². The molecule has 3 nitrogen and oxygen atoms in total. The van der Waals surface area contributed by atoms with Crippen molar-refractivity contribution in [3.05, 3.63) is 29.6 Å². The molecule has 106 valence electrons. The van der Waals surface area contributed by atoms with Crippen molar-refractivity contribution in [1.29, 1.82) is 0 Å². The number of ether oxygens (including phenoxy) is 1. The first-order valence-electron chi connectivity index (χ1n) is 6.88. The van der Waals surface area contributed by atoms with Crippen LogP contribution in [0.4, 0.5) is 10.1 Å². The van der Waals surface area contributed by atoms with Crippen molar-refractivity contribution < 1.29 is 14.2 Å². The Morgan fingerprint density at radius 2 is 2.26 bits per heavy atom. The smallest absolute Gasteiger partial charge is 0.123 e. The summed E-state index contributed by atoms with van der Waals surface area (Å²) in [7, 11) is 0. The lowest BCUT2D eigenvalue weighted by Gasteiger charge is -2.41. The molecular formula is C15H22FNO2. The van der Waals surface area contributed by atoms with Gasteiger partial charge in [0.2, 0.25) is 0 Å². The van der Waals surface area contributed by atoms with Crippen molar-refractivity contribution in [3.63, 3.8) is 0 Å². The number of halogens is 1. The Morgan fingerprint density at radius 1 is 1.53 bits per heavy atom. The number of hydrogen-bond acceptors (Lipinski definition) is 3. The van der Waals surface area contributed by atoms with Crippen LogP contribution in [0.15, 0.2) is 18.2 Å². The van der Waals surface area contributed by atoms with Gasteiger partial charge >= 0.3 is 0 Å². The van der Waals surface area contributed by atoms with Gasteiger partial charge in [-0.15, -0.1) is 0 Å². The van der Waals surface area contributed by atoms with E-state index in [4.69, 9.17) is 4.74 Å². The molecule has 1 aromatic rings. The number of aliphatic hydroxyl groups is 1. The Morgan fingerprint density at radius 3 is 2.89 bits per heavy atom. The van der Waals surface area contributed by atoms with Crippen LogP contribution in [0.5, 0.6) is 0 Å². The van der Waals surface area contributed by atoms with E-state index in [1.165, 1.54) is 12.1 Å². The third-order valence-electron chi connectivity index (χ3n) is 3.69. The number of anilines is 1. The topological polar surface area (TPSA) is 32.7 Å². The summed E-state index contributed by atoms with van der Waals surface area (Å²) in [4.78, 5) is 2.23. The number of aliphatic hydroxyl groups excluding tert-OH is 1. The second-order valence-corrected chi connectivity index (χ2v) is 5.24. The summed E-state index contributed by atoms with van der Waals surface area (Å²) in [6.45, 7) is 7.26. The molecule has 0 aliphatic carbocycles. The van der Waals surface area contributed by atoms with Crippen molar-refractivity contribution >= 4 is 5.69 Å². The Kier molecular flexibility index (Phi) is 4.42. The van der Waals surface area contributed by atoms with Gasteiger partial charge < -0.3 is 14.7 Å². The molecule has 1 heterocycles. The largest absolute Gasteiger partial charge is 0.389 e. The van der Waals surface area contributed by atoms with Crippen LogP contribution in [-0.2, 0) is 4.74 Å². The number of benzene rings is 1. The van der Waals surface area contributed by atoms with Crippen molar-refractivity contribution in [2.24, 2.45) is 0 Å². The molecule has 0 radical (unpaired) electrons. The maximum absolute atomic E-state index is 13.4. The van der Waals surface area contributed by atoms with Gasteiger partial charge in [-0.3, -0.25) is 0 Å². The molecular weight excluding hydrogens is 245 g/mol. The lowest BCUT2D eigenvalue weighted by Crippen LogP contribution is -2.49. The molecule has 2 rings (SSSR count). The summed E-state index contributed by atoms with van der Waals surface area (Å²) in [5, 5.41) is 9.86. The molecule has 4 heteroatoms. The number of rotatable bonds is 3. The number of morpholine rings is 1. The lowest BCUT2D eigenvalue weighted by atomic mass is 10.0. The van der Waals surface area contributed by atoms with Crippen molar-refractivity contribution in [2.45, 2.75) is 45.4 Å². The molecule has 1 aliphatic heterocycles. The molecule has 0 bridgehead atoms. The minimum atomic E-state index is -0.679. The van der Waals surface area contributed by atoms with E-state index in [2.05, 4.69) is 11.8 Å². The molecule has 0 aromatic heterocycles. The van der Waals surface area contributed by atoms with Gasteiger partial charge in [0.15, 0.2) is 0 Å². The molecule has 1 aliphatic rings. The zero-order valence-electron chi connectivity index (χ0n) is 11.8. The standard InChI is InChI=1S/C15H22FNO2/c1-4-13-9-19-10(2)8-17(13)15-6-5-12(16)7-14(15)11(3)18/h5-7,10-11,13,18H,4,8-9H2,1-3H3/t10?,11-,13?/m1/s1. The molecule has 0 saturated carbocycles. The summed E-state index contributed by atoms with van der Waals surface area (Å²) in [5.74, 6) is -0.311. The van der Waals surface area contributed by atoms with Gasteiger partial charge in [-0.1, -0.05) is 6.92 Å². The van der Waals surface area contributed by atoms with Crippen LogP contribution in [-0.4, -0.2) is 30.4 Å². The second kappa shape index (κ2) is 5.88.